The first-order valence-corrected chi connectivity index (χ1v) is 5.21. The maximum absolute atomic E-state index is 11.2. The number of nitrogens with one attached hydrogen (secondary N) is 1. The summed E-state index contributed by atoms with van der Waals surface area (Å²) in [7, 11) is 0. The van der Waals surface area contributed by atoms with E-state index in [1.54, 1.807) is 6.92 Å². The fourth-order valence-electron chi connectivity index (χ4n) is 1.64. The summed E-state index contributed by atoms with van der Waals surface area (Å²) in [5.41, 5.74) is 0.520. The average molecular weight is 197 g/mol. The summed E-state index contributed by atoms with van der Waals surface area (Å²) in [6.45, 7) is 8.68. The molecule has 3 heteroatoms. The van der Waals surface area contributed by atoms with E-state index in [4.69, 9.17) is 4.74 Å². The number of hydrogen-bond donors (Lipinski definition) is 1. The number of esters is 1. The Bertz CT molecular complexity index is 219. The molecule has 0 aromatic rings. The Kier molecular flexibility index (Phi) is 4.14. The van der Waals surface area contributed by atoms with Crippen LogP contribution < -0.4 is 5.32 Å². The first-order chi connectivity index (χ1) is 6.63. The van der Waals surface area contributed by atoms with Gasteiger partial charge in [-0.2, -0.15) is 0 Å². The molecule has 0 radical (unpaired) electrons. The van der Waals surface area contributed by atoms with Gasteiger partial charge in [0.25, 0.3) is 0 Å². The first-order valence-electron chi connectivity index (χ1n) is 5.21. The van der Waals surface area contributed by atoms with Gasteiger partial charge in [0, 0.05) is 18.2 Å². The van der Waals surface area contributed by atoms with Crippen molar-refractivity contribution in [2.75, 3.05) is 13.2 Å². The van der Waals surface area contributed by atoms with Crippen LogP contribution in [0.2, 0.25) is 0 Å². The van der Waals surface area contributed by atoms with Crippen molar-refractivity contribution >= 4 is 5.97 Å². The van der Waals surface area contributed by atoms with Crippen molar-refractivity contribution in [2.45, 2.75) is 32.7 Å². The molecule has 1 aliphatic rings. The third-order valence-corrected chi connectivity index (χ3v) is 2.54. The van der Waals surface area contributed by atoms with Crippen molar-refractivity contribution in [2.24, 2.45) is 5.92 Å². The Morgan fingerprint density at radius 1 is 1.57 bits per heavy atom. The lowest BCUT2D eigenvalue weighted by Crippen LogP contribution is -2.41. The normalized spacial score (nSPS) is 25.3. The SMILES string of the molecule is C=C(CNC1CC(C)C1)C(=O)OCC. The molecule has 3 nitrogen and oxygen atoms in total. The van der Waals surface area contributed by atoms with E-state index in [1.165, 1.54) is 12.8 Å². The van der Waals surface area contributed by atoms with E-state index in [0.717, 1.165) is 5.92 Å². The van der Waals surface area contributed by atoms with E-state index in [0.29, 0.717) is 24.8 Å². The smallest absolute Gasteiger partial charge is 0.334 e. The molecule has 1 N–H and O–H groups in total. The molecule has 1 aliphatic carbocycles. The third-order valence-electron chi connectivity index (χ3n) is 2.54. The lowest BCUT2D eigenvalue weighted by molar-refractivity contribution is -0.138. The molecule has 1 fully saturated rings. The molecule has 0 aromatic carbocycles. The highest BCUT2D eigenvalue weighted by Crippen LogP contribution is 2.26. The lowest BCUT2D eigenvalue weighted by Gasteiger charge is -2.33. The zero-order chi connectivity index (χ0) is 10.6. The number of carbonyl (C=O) groups is 1. The van der Waals surface area contributed by atoms with E-state index in [9.17, 15) is 4.79 Å². The summed E-state index contributed by atoms with van der Waals surface area (Å²) < 4.78 is 4.83. The van der Waals surface area contributed by atoms with Crippen LogP contribution in [0.3, 0.4) is 0 Å². The predicted octanol–water partition coefficient (Wildman–Crippen LogP) is 1.49. The van der Waals surface area contributed by atoms with Gasteiger partial charge >= 0.3 is 5.97 Å². The lowest BCUT2D eigenvalue weighted by atomic mass is 9.82. The van der Waals surface area contributed by atoms with E-state index in [-0.39, 0.29) is 5.97 Å². The van der Waals surface area contributed by atoms with Crippen molar-refractivity contribution in [1.82, 2.24) is 5.32 Å². The van der Waals surface area contributed by atoms with Gasteiger partial charge in [0.2, 0.25) is 0 Å². The molecule has 1 saturated carbocycles. The van der Waals surface area contributed by atoms with Crippen LogP contribution in [0, 0.1) is 5.92 Å². The number of hydrogen-bond acceptors (Lipinski definition) is 3. The van der Waals surface area contributed by atoms with Crippen molar-refractivity contribution in [1.29, 1.82) is 0 Å². The van der Waals surface area contributed by atoms with Gasteiger partial charge < -0.3 is 10.1 Å². The quantitative estimate of drug-likeness (QED) is 0.536. The maximum atomic E-state index is 11.2. The van der Waals surface area contributed by atoms with Gasteiger partial charge in [-0.3, -0.25) is 0 Å². The Morgan fingerprint density at radius 2 is 2.21 bits per heavy atom. The van der Waals surface area contributed by atoms with E-state index < -0.39 is 0 Å². The summed E-state index contributed by atoms with van der Waals surface area (Å²) in [5, 5.41) is 3.29. The summed E-state index contributed by atoms with van der Waals surface area (Å²) in [4.78, 5) is 11.2. The van der Waals surface area contributed by atoms with Crippen molar-refractivity contribution in [3.63, 3.8) is 0 Å². The largest absolute Gasteiger partial charge is 0.463 e. The van der Waals surface area contributed by atoms with E-state index >= 15 is 0 Å². The Morgan fingerprint density at radius 3 is 2.71 bits per heavy atom. The van der Waals surface area contributed by atoms with E-state index in [2.05, 4.69) is 18.8 Å². The van der Waals surface area contributed by atoms with Crippen LogP contribution in [0.15, 0.2) is 12.2 Å². The highest BCUT2D eigenvalue weighted by atomic mass is 16.5. The summed E-state index contributed by atoms with van der Waals surface area (Å²) in [6.07, 6.45) is 2.41. The van der Waals surface area contributed by atoms with Crippen LogP contribution in [0.4, 0.5) is 0 Å². The predicted molar refractivity (Wildman–Crippen MR) is 56.0 cm³/mol. The van der Waals surface area contributed by atoms with Gasteiger partial charge in [0.15, 0.2) is 0 Å². The molecule has 0 aliphatic heterocycles. The molecular weight excluding hydrogens is 178 g/mol. The van der Waals surface area contributed by atoms with Crippen LogP contribution in [-0.4, -0.2) is 25.2 Å². The molecule has 0 unspecified atom stereocenters. The molecule has 80 valence electrons. The molecule has 0 heterocycles. The van der Waals surface area contributed by atoms with Gasteiger partial charge in [-0.15, -0.1) is 0 Å². The van der Waals surface area contributed by atoms with Gasteiger partial charge in [-0.1, -0.05) is 13.5 Å². The van der Waals surface area contributed by atoms with Crippen LogP contribution in [0.1, 0.15) is 26.7 Å². The second kappa shape index (κ2) is 5.15. The zero-order valence-corrected chi connectivity index (χ0v) is 9.01. The molecule has 1 rings (SSSR count). The molecule has 0 aromatic heterocycles. The van der Waals surface area contributed by atoms with Crippen molar-refractivity contribution < 1.29 is 9.53 Å². The van der Waals surface area contributed by atoms with Crippen LogP contribution in [-0.2, 0) is 9.53 Å². The third kappa shape index (κ3) is 3.14. The second-order valence-corrected chi connectivity index (χ2v) is 3.98. The molecule has 0 bridgehead atoms. The molecule has 0 amide bonds. The number of carbonyl (C=O) groups excluding carboxylic acids is 1. The summed E-state index contributed by atoms with van der Waals surface area (Å²) in [5.74, 6) is 0.538. The molecule has 0 atom stereocenters. The standard InChI is InChI=1S/C11H19NO2/c1-4-14-11(13)9(3)7-12-10-5-8(2)6-10/h8,10,12H,3-7H2,1-2H3. The Hall–Kier alpha value is -0.830. The summed E-state index contributed by atoms with van der Waals surface area (Å²) >= 11 is 0. The minimum Gasteiger partial charge on any atom is -0.463 e. The highest BCUT2D eigenvalue weighted by Gasteiger charge is 2.24. The average Bonchev–Trinajstić information content (AvgIpc) is 2.10. The van der Waals surface area contributed by atoms with Gasteiger partial charge in [-0.05, 0) is 25.7 Å². The Balaban J connectivity index is 2.12. The van der Waals surface area contributed by atoms with Crippen molar-refractivity contribution in [3.05, 3.63) is 12.2 Å². The van der Waals surface area contributed by atoms with Crippen LogP contribution in [0.25, 0.3) is 0 Å². The number of ether oxygens (including phenoxy) is 1. The first kappa shape index (κ1) is 11.2. The fourth-order valence-corrected chi connectivity index (χ4v) is 1.64. The monoisotopic (exact) mass is 197 g/mol. The van der Waals surface area contributed by atoms with Gasteiger partial charge in [0.05, 0.1) is 6.61 Å². The minimum atomic E-state index is -0.285. The van der Waals surface area contributed by atoms with Gasteiger partial charge in [0.1, 0.15) is 0 Å². The maximum Gasteiger partial charge on any atom is 0.334 e. The Labute approximate surface area is 85.5 Å². The summed E-state index contributed by atoms with van der Waals surface area (Å²) in [6, 6.07) is 0.566. The fraction of sp³-hybridized carbons (Fsp3) is 0.727. The topological polar surface area (TPSA) is 38.3 Å². The van der Waals surface area contributed by atoms with Crippen molar-refractivity contribution in [3.8, 4) is 0 Å². The highest BCUT2D eigenvalue weighted by molar-refractivity contribution is 5.88. The molecule has 0 saturated heterocycles. The van der Waals surface area contributed by atoms with E-state index in [1.807, 2.05) is 0 Å². The molecular formula is C11H19NO2. The van der Waals surface area contributed by atoms with Gasteiger partial charge in [-0.25, -0.2) is 4.79 Å². The molecule has 0 spiro atoms. The second-order valence-electron chi connectivity index (χ2n) is 3.98. The number of rotatable bonds is 5. The van der Waals surface area contributed by atoms with Crippen LogP contribution >= 0.6 is 0 Å². The minimum absolute atomic E-state index is 0.285. The zero-order valence-electron chi connectivity index (χ0n) is 9.01. The molecule has 14 heavy (non-hydrogen) atoms. The van der Waals surface area contributed by atoms with Crippen LogP contribution in [0.5, 0.6) is 0 Å².